The van der Waals surface area contributed by atoms with Gasteiger partial charge in [0.15, 0.2) is 16.1 Å². The summed E-state index contributed by atoms with van der Waals surface area (Å²) < 4.78 is 2.50. The van der Waals surface area contributed by atoms with Gasteiger partial charge in [-0.25, -0.2) is 0 Å². The molecule has 13 rings (SSSR count). The molecular weight excluding hydrogens is 973 g/mol. The smallest absolute Gasteiger partial charge is 0.179 e. The van der Waals surface area contributed by atoms with Crippen molar-refractivity contribution in [1.29, 1.82) is 0 Å². The summed E-state index contributed by atoms with van der Waals surface area (Å²) in [6, 6.07) is 106. The molecule has 0 N–H and O–H groups in total. The van der Waals surface area contributed by atoms with Gasteiger partial charge in [-0.1, -0.05) is 254 Å². The van der Waals surface area contributed by atoms with Crippen molar-refractivity contribution in [3.63, 3.8) is 0 Å². The van der Waals surface area contributed by atoms with Crippen LogP contribution in [0.1, 0.15) is 52.7 Å². The lowest BCUT2D eigenvalue weighted by molar-refractivity contribution is 0.590. The third-order valence-electron chi connectivity index (χ3n) is 16.7. The van der Waals surface area contributed by atoms with Crippen LogP contribution >= 0.6 is 0 Å². The first-order valence-corrected chi connectivity index (χ1v) is 31.6. The quantitative estimate of drug-likeness (QED) is 0.131. The van der Waals surface area contributed by atoms with Gasteiger partial charge in [-0.15, -0.1) is 0 Å². The number of hydrogen-bond acceptors (Lipinski definition) is 1. The van der Waals surface area contributed by atoms with Gasteiger partial charge >= 0.3 is 0 Å². The summed E-state index contributed by atoms with van der Waals surface area (Å²) in [5.74, 6) is 0. The zero-order valence-electron chi connectivity index (χ0n) is 45.5. The van der Waals surface area contributed by atoms with E-state index in [-0.39, 0.29) is 10.8 Å². The lowest BCUT2D eigenvalue weighted by atomic mass is 9.86. The fourth-order valence-corrected chi connectivity index (χ4v) is 25.0. The molecule has 2 heterocycles. The van der Waals surface area contributed by atoms with Gasteiger partial charge in [0.05, 0.1) is 11.0 Å². The van der Waals surface area contributed by atoms with E-state index < -0.39 is 16.1 Å². The van der Waals surface area contributed by atoms with Crippen molar-refractivity contribution < 1.29 is 0 Å². The van der Waals surface area contributed by atoms with Crippen molar-refractivity contribution in [2.45, 2.75) is 52.4 Å². The van der Waals surface area contributed by atoms with Crippen LogP contribution in [-0.4, -0.2) is 20.7 Å². The molecule has 1 aliphatic rings. The van der Waals surface area contributed by atoms with Gasteiger partial charge in [0, 0.05) is 33.5 Å². The van der Waals surface area contributed by atoms with Gasteiger partial charge < -0.3 is 9.47 Å². The number of aromatic nitrogens is 1. The summed E-state index contributed by atoms with van der Waals surface area (Å²) in [4.78, 5) is 2.43. The Kier molecular flexibility index (Phi) is 12.1. The summed E-state index contributed by atoms with van der Waals surface area (Å²) in [5.41, 5.74) is 12.0. The van der Waals surface area contributed by atoms with E-state index in [0.717, 1.165) is 22.7 Å². The maximum absolute atomic E-state index is 2.98. The number of hydrogen-bond donors (Lipinski definition) is 0. The molecule has 4 heteroatoms. The second kappa shape index (κ2) is 19.2. The molecule has 11 aromatic carbocycles. The zero-order valence-corrected chi connectivity index (χ0v) is 47.5. The summed E-state index contributed by atoms with van der Waals surface area (Å²) in [7, 11) is -5.81. The van der Waals surface area contributed by atoms with Gasteiger partial charge in [0.25, 0.3) is 0 Å². The Morgan fingerprint density at radius 1 is 0.295 bits per heavy atom. The van der Waals surface area contributed by atoms with E-state index in [1.165, 1.54) is 85.6 Å². The van der Waals surface area contributed by atoms with Gasteiger partial charge in [-0.3, -0.25) is 0 Å². The van der Waals surface area contributed by atoms with E-state index in [4.69, 9.17) is 0 Å². The molecule has 0 aliphatic carbocycles. The van der Waals surface area contributed by atoms with Crippen LogP contribution in [-0.2, 0) is 10.8 Å². The minimum atomic E-state index is -2.98. The molecule has 0 spiro atoms. The second-order valence-electron chi connectivity index (χ2n) is 23.3. The average Bonchev–Trinajstić information content (AvgIpc) is 2.87. The van der Waals surface area contributed by atoms with E-state index in [1.54, 1.807) is 0 Å². The average molecular weight is 1040 g/mol. The maximum atomic E-state index is 2.50. The predicted octanol–water partition coefficient (Wildman–Crippen LogP) is 13.6. The van der Waals surface area contributed by atoms with Crippen LogP contribution in [0.25, 0.3) is 38.6 Å². The Morgan fingerprint density at radius 3 is 1.05 bits per heavy atom. The molecule has 2 nitrogen and oxygen atoms in total. The van der Waals surface area contributed by atoms with Crippen LogP contribution in [0.15, 0.2) is 279 Å². The van der Waals surface area contributed by atoms with E-state index in [9.17, 15) is 0 Å². The Labute approximate surface area is 462 Å². The molecule has 0 bridgehead atoms. The number of nitrogens with zero attached hydrogens (tertiary/aromatic N) is 2. The first-order chi connectivity index (χ1) is 38.0. The standard InChI is InChI=1S/C74H64N2Si2/c1-73(2,3)55-36-40-57(41-37-55)75(58-42-38-56(39-43-58)74(4,5)6)60-46-50-68-66(52-60)65-51-54(53-23-11-7-12-24-53)35-49-67(65)76(68)59-44-47-64(48-45-59)78(63-29-17-10-18-30-63)71-33-21-19-31-69(71)77(61-25-13-8-14-26-61,62-27-15-9-16-28-62)70-32-20-22-34-72(70)78/h7-52H,1-6H3. The van der Waals surface area contributed by atoms with E-state index in [0.29, 0.717) is 0 Å². The number of benzene rings is 11. The van der Waals surface area contributed by atoms with Crippen LogP contribution in [0.2, 0.25) is 0 Å². The van der Waals surface area contributed by atoms with Crippen molar-refractivity contribution in [3.8, 4) is 16.8 Å². The fraction of sp³-hybridized carbons (Fsp3) is 0.108. The summed E-state index contributed by atoms with van der Waals surface area (Å²) in [6.07, 6.45) is 0. The normalized spacial score (nSPS) is 13.7. The predicted molar refractivity (Wildman–Crippen MR) is 339 cm³/mol. The molecule has 12 aromatic rings. The largest absolute Gasteiger partial charge is 0.310 e. The first kappa shape index (κ1) is 49.1. The summed E-state index contributed by atoms with van der Waals surface area (Å²) in [5, 5.41) is 13.9. The SMILES string of the molecule is CC(C)(C)c1ccc(N(c2ccc(C(C)(C)C)cc2)c2ccc3c(c2)c2cc(-c4ccccc4)ccc2n3-c2ccc([Si]3(c4ccccc4)c4ccccc4[Si](c4ccccc4)(c4ccccc4)c4ccccc43)cc2)cc1. The Bertz CT molecular complexity index is 3970. The molecule has 0 saturated carbocycles. The molecule has 378 valence electrons. The second-order valence-corrected chi connectivity index (χ2v) is 30.8. The van der Waals surface area contributed by atoms with E-state index in [1.807, 2.05) is 0 Å². The van der Waals surface area contributed by atoms with Crippen molar-refractivity contribution in [3.05, 3.63) is 290 Å². The minimum Gasteiger partial charge on any atom is -0.310 e. The Balaban J connectivity index is 1.02. The lowest BCUT2D eigenvalue weighted by Crippen LogP contribution is -2.93. The minimum absolute atomic E-state index is 0.0427. The van der Waals surface area contributed by atoms with Crippen molar-refractivity contribution in [2.75, 3.05) is 4.90 Å². The molecular formula is C74H64N2Si2. The van der Waals surface area contributed by atoms with Crippen LogP contribution in [0.4, 0.5) is 17.1 Å². The molecule has 0 atom stereocenters. The molecule has 0 unspecified atom stereocenters. The van der Waals surface area contributed by atoms with Crippen molar-refractivity contribution in [1.82, 2.24) is 4.57 Å². The van der Waals surface area contributed by atoms with Gasteiger partial charge in [-0.05, 0) is 141 Å². The summed E-state index contributed by atoms with van der Waals surface area (Å²) >= 11 is 0. The van der Waals surface area contributed by atoms with Gasteiger partial charge in [-0.2, -0.15) is 0 Å². The first-order valence-electron chi connectivity index (χ1n) is 27.6. The highest BCUT2D eigenvalue weighted by atomic mass is 28.3. The van der Waals surface area contributed by atoms with E-state index in [2.05, 4.69) is 330 Å². The third-order valence-corrected chi connectivity index (χ3v) is 27.0. The van der Waals surface area contributed by atoms with Crippen molar-refractivity contribution >= 4 is 96.5 Å². The van der Waals surface area contributed by atoms with Gasteiger partial charge in [0.1, 0.15) is 0 Å². The summed E-state index contributed by atoms with van der Waals surface area (Å²) in [6.45, 7) is 13.7. The van der Waals surface area contributed by atoms with Crippen LogP contribution in [0, 0.1) is 0 Å². The topological polar surface area (TPSA) is 8.17 Å². The highest BCUT2D eigenvalue weighted by molar-refractivity contribution is 7.32. The third kappa shape index (κ3) is 7.96. The van der Waals surface area contributed by atoms with Crippen LogP contribution in [0.3, 0.4) is 0 Å². The molecule has 1 aliphatic heterocycles. The van der Waals surface area contributed by atoms with E-state index >= 15 is 0 Å². The highest BCUT2D eigenvalue weighted by Crippen LogP contribution is 2.42. The molecule has 0 saturated heterocycles. The number of rotatable bonds is 9. The monoisotopic (exact) mass is 1040 g/mol. The Morgan fingerprint density at radius 2 is 0.641 bits per heavy atom. The zero-order chi connectivity index (χ0) is 53.2. The molecule has 0 fully saturated rings. The fourth-order valence-electron chi connectivity index (χ4n) is 13.0. The number of anilines is 3. The highest BCUT2D eigenvalue weighted by Gasteiger charge is 2.56. The molecule has 1 aromatic heterocycles. The Hall–Kier alpha value is -8.55. The molecule has 0 radical (unpaired) electrons. The lowest BCUT2D eigenvalue weighted by Gasteiger charge is -2.48. The van der Waals surface area contributed by atoms with Crippen molar-refractivity contribution in [2.24, 2.45) is 0 Å². The molecule has 78 heavy (non-hydrogen) atoms. The number of fused-ring (bicyclic) bond motifs is 5. The maximum Gasteiger partial charge on any atom is 0.179 e. The molecule has 0 amide bonds. The van der Waals surface area contributed by atoms with Crippen LogP contribution < -0.4 is 46.4 Å². The van der Waals surface area contributed by atoms with Gasteiger partial charge in [0.2, 0.25) is 0 Å². The van der Waals surface area contributed by atoms with Crippen LogP contribution in [0.5, 0.6) is 0 Å².